The third kappa shape index (κ3) is 3.19. The van der Waals surface area contributed by atoms with Gasteiger partial charge in [-0.2, -0.15) is 0 Å². The van der Waals surface area contributed by atoms with E-state index < -0.39 is 0 Å². The monoisotopic (exact) mass is 285 g/mol. The smallest absolute Gasteiger partial charge is 0.138 e. The second-order valence-corrected chi connectivity index (χ2v) is 4.89. The molecule has 0 aromatic carbocycles. The van der Waals surface area contributed by atoms with Crippen LogP contribution in [0.25, 0.3) is 0 Å². The minimum Gasteiger partial charge on any atom is -0.489 e. The Bertz CT molecular complexity index is 328. The van der Waals surface area contributed by atoms with Crippen LogP contribution >= 0.6 is 15.9 Å². The Balaban J connectivity index is 1.91. The van der Waals surface area contributed by atoms with Crippen LogP contribution in [0.1, 0.15) is 25.7 Å². The molecule has 1 aromatic heterocycles. The molecule has 16 heavy (non-hydrogen) atoms. The topological polar surface area (TPSA) is 31.4 Å². The minimum atomic E-state index is 0.265. The van der Waals surface area contributed by atoms with Crippen molar-refractivity contribution < 1.29 is 9.47 Å². The van der Waals surface area contributed by atoms with Crippen molar-refractivity contribution in [2.75, 3.05) is 7.11 Å². The number of hydrogen-bond donors (Lipinski definition) is 0. The predicted octanol–water partition coefficient (Wildman–Crippen LogP) is 3.18. The highest BCUT2D eigenvalue weighted by Gasteiger charge is 2.22. The molecule has 0 saturated heterocycles. The summed E-state index contributed by atoms with van der Waals surface area (Å²) in [6.45, 7) is 0. The molecule has 0 spiro atoms. The number of rotatable bonds is 3. The van der Waals surface area contributed by atoms with Crippen molar-refractivity contribution in [2.24, 2.45) is 0 Å². The summed E-state index contributed by atoms with van der Waals surface area (Å²) in [5.74, 6) is 0.838. The molecule has 2 rings (SSSR count). The molecule has 1 aliphatic carbocycles. The molecule has 2 atom stereocenters. The van der Waals surface area contributed by atoms with E-state index in [1.807, 2.05) is 12.1 Å². The van der Waals surface area contributed by atoms with Crippen LogP contribution in [0.5, 0.6) is 5.75 Å². The van der Waals surface area contributed by atoms with Crippen LogP contribution in [0.4, 0.5) is 0 Å². The number of ether oxygens (including phenoxy) is 2. The molecular weight excluding hydrogens is 270 g/mol. The first kappa shape index (κ1) is 11.9. The Morgan fingerprint density at radius 3 is 2.81 bits per heavy atom. The first-order valence-electron chi connectivity index (χ1n) is 5.59. The van der Waals surface area contributed by atoms with E-state index in [-0.39, 0.29) is 6.10 Å². The van der Waals surface area contributed by atoms with E-state index in [0.29, 0.717) is 6.10 Å². The van der Waals surface area contributed by atoms with Gasteiger partial charge in [0.05, 0.1) is 12.3 Å². The second kappa shape index (κ2) is 5.64. The van der Waals surface area contributed by atoms with Crippen LogP contribution in [0.3, 0.4) is 0 Å². The lowest BCUT2D eigenvalue weighted by Gasteiger charge is -2.28. The largest absolute Gasteiger partial charge is 0.489 e. The minimum absolute atomic E-state index is 0.265. The lowest BCUT2D eigenvalue weighted by Crippen LogP contribution is -2.29. The van der Waals surface area contributed by atoms with Gasteiger partial charge in [0, 0.05) is 13.5 Å². The van der Waals surface area contributed by atoms with Crippen molar-refractivity contribution in [1.29, 1.82) is 0 Å². The normalized spacial score (nSPS) is 25.4. The molecule has 1 fully saturated rings. The molecule has 1 heterocycles. The number of hydrogen-bond acceptors (Lipinski definition) is 3. The molecule has 3 nitrogen and oxygen atoms in total. The van der Waals surface area contributed by atoms with Crippen molar-refractivity contribution in [2.45, 2.75) is 37.9 Å². The van der Waals surface area contributed by atoms with Crippen LogP contribution in [0.15, 0.2) is 22.9 Å². The van der Waals surface area contributed by atoms with Gasteiger partial charge >= 0.3 is 0 Å². The van der Waals surface area contributed by atoms with E-state index in [1.54, 1.807) is 13.3 Å². The zero-order chi connectivity index (χ0) is 11.4. The molecule has 0 radical (unpaired) electrons. The van der Waals surface area contributed by atoms with Crippen LogP contribution in [0, 0.1) is 0 Å². The molecular formula is C12H16BrNO2. The van der Waals surface area contributed by atoms with E-state index in [2.05, 4.69) is 20.9 Å². The van der Waals surface area contributed by atoms with E-state index in [1.165, 1.54) is 6.42 Å². The number of pyridine rings is 1. The van der Waals surface area contributed by atoms with Gasteiger partial charge in [0.2, 0.25) is 0 Å². The Labute approximate surface area is 104 Å². The molecule has 1 aromatic rings. The first-order valence-corrected chi connectivity index (χ1v) is 6.38. The summed E-state index contributed by atoms with van der Waals surface area (Å²) < 4.78 is 12.1. The van der Waals surface area contributed by atoms with Gasteiger partial charge in [-0.15, -0.1) is 0 Å². The maximum Gasteiger partial charge on any atom is 0.138 e. The van der Waals surface area contributed by atoms with Gasteiger partial charge in [-0.05, 0) is 47.3 Å². The van der Waals surface area contributed by atoms with Crippen LogP contribution in [0.2, 0.25) is 0 Å². The van der Waals surface area contributed by atoms with Gasteiger partial charge < -0.3 is 9.47 Å². The average molecular weight is 286 g/mol. The molecule has 1 saturated carbocycles. The summed E-state index contributed by atoms with van der Waals surface area (Å²) in [4.78, 5) is 4.14. The van der Waals surface area contributed by atoms with E-state index in [0.717, 1.165) is 29.6 Å². The zero-order valence-corrected chi connectivity index (χ0v) is 10.9. The lowest BCUT2D eigenvalue weighted by atomic mass is 9.95. The third-order valence-electron chi connectivity index (χ3n) is 2.91. The molecule has 88 valence electrons. The van der Waals surface area contributed by atoms with Crippen molar-refractivity contribution in [3.05, 3.63) is 22.9 Å². The van der Waals surface area contributed by atoms with Gasteiger partial charge in [-0.25, -0.2) is 4.98 Å². The summed E-state index contributed by atoms with van der Waals surface area (Å²) in [6.07, 6.45) is 6.77. The highest BCUT2D eigenvalue weighted by molar-refractivity contribution is 9.10. The summed E-state index contributed by atoms with van der Waals surface area (Å²) in [6, 6.07) is 3.83. The van der Waals surface area contributed by atoms with Gasteiger partial charge in [0.25, 0.3) is 0 Å². The summed E-state index contributed by atoms with van der Waals surface area (Å²) in [7, 11) is 1.77. The number of methoxy groups -OCH3 is 1. The standard InChI is InChI=1S/C12H16BrNO2/c1-15-9-3-2-4-10(7-9)16-11-5-6-12(13)14-8-11/h5-6,8-10H,2-4,7H2,1H3. The van der Waals surface area contributed by atoms with E-state index in [9.17, 15) is 0 Å². The fraction of sp³-hybridized carbons (Fsp3) is 0.583. The Kier molecular flexibility index (Phi) is 4.18. The Morgan fingerprint density at radius 2 is 2.12 bits per heavy atom. The molecule has 0 bridgehead atoms. The van der Waals surface area contributed by atoms with Crippen molar-refractivity contribution >= 4 is 15.9 Å². The first-order chi connectivity index (χ1) is 7.78. The van der Waals surface area contributed by atoms with Crippen LogP contribution in [-0.4, -0.2) is 24.3 Å². The maximum atomic E-state index is 5.88. The second-order valence-electron chi connectivity index (χ2n) is 4.08. The molecule has 0 aliphatic heterocycles. The highest BCUT2D eigenvalue weighted by Crippen LogP contribution is 2.25. The van der Waals surface area contributed by atoms with Gasteiger partial charge in [0.1, 0.15) is 16.5 Å². The van der Waals surface area contributed by atoms with E-state index in [4.69, 9.17) is 9.47 Å². The van der Waals surface area contributed by atoms with E-state index >= 15 is 0 Å². The molecule has 2 unspecified atom stereocenters. The lowest BCUT2D eigenvalue weighted by molar-refractivity contribution is 0.0208. The average Bonchev–Trinajstić information content (AvgIpc) is 2.32. The fourth-order valence-electron chi connectivity index (χ4n) is 2.05. The quantitative estimate of drug-likeness (QED) is 0.800. The Hall–Kier alpha value is -0.610. The number of halogens is 1. The Morgan fingerprint density at radius 1 is 1.31 bits per heavy atom. The van der Waals surface area contributed by atoms with Gasteiger partial charge in [0.15, 0.2) is 0 Å². The summed E-state index contributed by atoms with van der Waals surface area (Å²) in [5, 5.41) is 0. The van der Waals surface area contributed by atoms with Crippen molar-refractivity contribution in [1.82, 2.24) is 4.98 Å². The fourth-order valence-corrected chi connectivity index (χ4v) is 2.28. The molecule has 0 amide bonds. The molecule has 4 heteroatoms. The predicted molar refractivity (Wildman–Crippen MR) is 65.6 cm³/mol. The van der Waals surface area contributed by atoms with Gasteiger partial charge in [-0.1, -0.05) is 0 Å². The third-order valence-corrected chi connectivity index (χ3v) is 3.38. The van der Waals surface area contributed by atoms with Crippen LogP contribution < -0.4 is 4.74 Å². The van der Waals surface area contributed by atoms with Crippen molar-refractivity contribution in [3.63, 3.8) is 0 Å². The summed E-state index contributed by atoms with van der Waals surface area (Å²) >= 11 is 3.30. The van der Waals surface area contributed by atoms with Crippen LogP contribution in [-0.2, 0) is 4.74 Å². The van der Waals surface area contributed by atoms with Crippen molar-refractivity contribution in [3.8, 4) is 5.75 Å². The molecule has 1 aliphatic rings. The highest BCUT2D eigenvalue weighted by atomic mass is 79.9. The van der Waals surface area contributed by atoms with Gasteiger partial charge in [-0.3, -0.25) is 0 Å². The number of aromatic nitrogens is 1. The maximum absolute atomic E-state index is 5.88. The SMILES string of the molecule is COC1CCCC(Oc2ccc(Br)nc2)C1. The number of nitrogens with zero attached hydrogens (tertiary/aromatic N) is 1. The summed E-state index contributed by atoms with van der Waals surface area (Å²) in [5.41, 5.74) is 0. The molecule has 0 N–H and O–H groups in total. The zero-order valence-electron chi connectivity index (χ0n) is 9.36.